The van der Waals surface area contributed by atoms with Crippen LogP contribution in [0.5, 0.6) is 5.75 Å². The van der Waals surface area contributed by atoms with Crippen molar-refractivity contribution in [3.05, 3.63) is 29.3 Å². The summed E-state index contributed by atoms with van der Waals surface area (Å²) < 4.78 is 31.6. The monoisotopic (exact) mass is 257 g/mol. The van der Waals surface area contributed by atoms with Gasteiger partial charge >= 0.3 is 6.09 Å². The Morgan fingerprint density at radius 2 is 2.11 bits per heavy atom. The molecule has 0 aliphatic heterocycles. The Morgan fingerprint density at radius 3 is 2.67 bits per heavy atom. The van der Waals surface area contributed by atoms with Crippen molar-refractivity contribution in [3.8, 4) is 5.75 Å². The Bertz CT molecular complexity index is 449. The van der Waals surface area contributed by atoms with E-state index >= 15 is 0 Å². The van der Waals surface area contributed by atoms with Crippen LogP contribution in [0.1, 0.15) is 18.4 Å². The van der Waals surface area contributed by atoms with Gasteiger partial charge in [-0.05, 0) is 18.6 Å². The molecule has 1 aromatic carbocycles. The average Bonchev–Trinajstić information content (AvgIpc) is 2.22. The third kappa shape index (κ3) is 2.69. The van der Waals surface area contributed by atoms with Gasteiger partial charge in [0.15, 0.2) is 11.6 Å². The largest absolute Gasteiger partial charge is 0.490 e. The van der Waals surface area contributed by atoms with Crippen LogP contribution >= 0.6 is 0 Å². The van der Waals surface area contributed by atoms with E-state index in [4.69, 9.17) is 9.84 Å². The summed E-state index contributed by atoms with van der Waals surface area (Å²) in [5, 5.41) is 10.8. The highest BCUT2D eigenvalue weighted by Crippen LogP contribution is 2.28. The standard InChI is InChI=1S/C12H13F2NO3/c1-6-2-8(5-10(13)11(6)14)18-9-3-7(4-9)15-12(16)17/h2,5,7,9,15H,3-4H2,1H3,(H,16,17). The molecule has 1 amide bonds. The first-order chi connectivity index (χ1) is 8.45. The maximum absolute atomic E-state index is 13.1. The normalized spacial score (nSPS) is 22.2. The van der Waals surface area contributed by atoms with E-state index in [0.717, 1.165) is 6.07 Å². The van der Waals surface area contributed by atoms with Crippen molar-refractivity contribution < 1.29 is 23.4 Å². The molecule has 6 heteroatoms. The molecule has 0 bridgehead atoms. The van der Waals surface area contributed by atoms with E-state index in [9.17, 15) is 13.6 Å². The number of carboxylic acid groups (broad SMARTS) is 1. The van der Waals surface area contributed by atoms with Crippen LogP contribution in [-0.4, -0.2) is 23.3 Å². The van der Waals surface area contributed by atoms with Gasteiger partial charge in [-0.15, -0.1) is 0 Å². The highest BCUT2D eigenvalue weighted by molar-refractivity contribution is 5.65. The minimum Gasteiger partial charge on any atom is -0.490 e. The summed E-state index contributed by atoms with van der Waals surface area (Å²) in [6.45, 7) is 1.46. The molecule has 2 rings (SSSR count). The first-order valence-electron chi connectivity index (χ1n) is 5.57. The zero-order valence-electron chi connectivity index (χ0n) is 9.74. The van der Waals surface area contributed by atoms with Crippen molar-refractivity contribution in [2.45, 2.75) is 31.9 Å². The lowest BCUT2D eigenvalue weighted by Gasteiger charge is -2.35. The fraction of sp³-hybridized carbons (Fsp3) is 0.417. The van der Waals surface area contributed by atoms with Crippen LogP contribution in [0.2, 0.25) is 0 Å². The van der Waals surface area contributed by atoms with Gasteiger partial charge in [-0.25, -0.2) is 13.6 Å². The molecule has 0 heterocycles. The van der Waals surface area contributed by atoms with Gasteiger partial charge in [-0.3, -0.25) is 0 Å². The smallest absolute Gasteiger partial charge is 0.404 e. The first kappa shape index (κ1) is 12.6. The third-order valence-electron chi connectivity index (χ3n) is 2.91. The maximum atomic E-state index is 13.1. The lowest BCUT2D eigenvalue weighted by Crippen LogP contribution is -2.48. The summed E-state index contributed by atoms with van der Waals surface area (Å²) in [6.07, 6.45) is -0.164. The van der Waals surface area contributed by atoms with E-state index in [1.54, 1.807) is 0 Å². The van der Waals surface area contributed by atoms with Gasteiger partial charge in [0.05, 0.1) is 0 Å². The van der Waals surface area contributed by atoms with Crippen LogP contribution in [0.15, 0.2) is 12.1 Å². The van der Waals surface area contributed by atoms with E-state index in [1.165, 1.54) is 13.0 Å². The second-order valence-corrected chi connectivity index (χ2v) is 4.39. The molecular weight excluding hydrogens is 244 g/mol. The number of ether oxygens (including phenoxy) is 1. The number of rotatable bonds is 3. The van der Waals surface area contributed by atoms with E-state index in [1.807, 2.05) is 0 Å². The minimum absolute atomic E-state index is 0.126. The molecule has 0 spiro atoms. The molecule has 0 saturated heterocycles. The Hall–Kier alpha value is -1.85. The molecule has 1 saturated carbocycles. The van der Waals surface area contributed by atoms with E-state index < -0.39 is 17.7 Å². The quantitative estimate of drug-likeness (QED) is 0.874. The average molecular weight is 257 g/mol. The topological polar surface area (TPSA) is 58.6 Å². The molecule has 1 fully saturated rings. The van der Waals surface area contributed by atoms with Crippen LogP contribution in [-0.2, 0) is 0 Å². The van der Waals surface area contributed by atoms with Crippen molar-refractivity contribution in [1.29, 1.82) is 0 Å². The molecule has 0 unspecified atom stereocenters. The molecule has 0 radical (unpaired) electrons. The zero-order valence-corrected chi connectivity index (χ0v) is 9.74. The summed E-state index contributed by atoms with van der Waals surface area (Å²) in [5.74, 6) is -1.55. The lowest BCUT2D eigenvalue weighted by molar-refractivity contribution is 0.0829. The van der Waals surface area contributed by atoms with Crippen LogP contribution < -0.4 is 10.1 Å². The molecule has 98 valence electrons. The Kier molecular flexibility index (Phi) is 3.36. The molecule has 4 nitrogen and oxygen atoms in total. The van der Waals surface area contributed by atoms with Crippen molar-refractivity contribution in [2.75, 3.05) is 0 Å². The third-order valence-corrected chi connectivity index (χ3v) is 2.91. The molecule has 1 aliphatic carbocycles. The van der Waals surface area contributed by atoms with Gasteiger partial charge in [-0.1, -0.05) is 0 Å². The molecule has 2 N–H and O–H groups in total. The van der Waals surface area contributed by atoms with Gasteiger partial charge in [0.25, 0.3) is 0 Å². The SMILES string of the molecule is Cc1cc(OC2CC(NC(=O)O)C2)cc(F)c1F. The number of halogens is 2. The zero-order chi connectivity index (χ0) is 13.3. The molecular formula is C12H13F2NO3. The summed E-state index contributed by atoms with van der Waals surface area (Å²) in [4.78, 5) is 10.4. The first-order valence-corrected chi connectivity index (χ1v) is 5.57. The van der Waals surface area contributed by atoms with Crippen LogP contribution in [0.25, 0.3) is 0 Å². The van der Waals surface area contributed by atoms with Crippen molar-refractivity contribution in [3.63, 3.8) is 0 Å². The Balaban J connectivity index is 1.91. The second-order valence-electron chi connectivity index (χ2n) is 4.39. The second kappa shape index (κ2) is 4.80. The van der Waals surface area contributed by atoms with Gasteiger partial charge in [0.1, 0.15) is 11.9 Å². The minimum atomic E-state index is -1.07. The number of hydrogen-bond acceptors (Lipinski definition) is 2. The fourth-order valence-corrected chi connectivity index (χ4v) is 1.91. The summed E-state index contributed by atoms with van der Waals surface area (Å²) in [5.41, 5.74) is 0.185. The highest BCUT2D eigenvalue weighted by atomic mass is 19.2. The van der Waals surface area contributed by atoms with E-state index in [0.29, 0.717) is 12.8 Å². The number of carbonyl (C=O) groups is 1. The van der Waals surface area contributed by atoms with E-state index in [2.05, 4.69) is 5.32 Å². The van der Waals surface area contributed by atoms with Crippen LogP contribution in [0.3, 0.4) is 0 Å². The molecule has 0 aromatic heterocycles. The number of nitrogens with one attached hydrogen (secondary N) is 1. The van der Waals surface area contributed by atoms with Gasteiger partial charge in [-0.2, -0.15) is 0 Å². The lowest BCUT2D eigenvalue weighted by atomic mass is 9.89. The highest BCUT2D eigenvalue weighted by Gasteiger charge is 2.32. The predicted molar refractivity (Wildman–Crippen MR) is 59.7 cm³/mol. The molecule has 18 heavy (non-hydrogen) atoms. The molecule has 1 aliphatic rings. The number of hydrogen-bond donors (Lipinski definition) is 2. The van der Waals surface area contributed by atoms with E-state index in [-0.39, 0.29) is 23.5 Å². The molecule has 0 atom stereocenters. The Labute approximate surface area is 103 Å². The fourth-order valence-electron chi connectivity index (χ4n) is 1.91. The van der Waals surface area contributed by atoms with Gasteiger partial charge in [0.2, 0.25) is 0 Å². The van der Waals surface area contributed by atoms with Crippen molar-refractivity contribution in [2.24, 2.45) is 0 Å². The Morgan fingerprint density at radius 1 is 1.44 bits per heavy atom. The molecule has 1 aromatic rings. The number of benzene rings is 1. The van der Waals surface area contributed by atoms with Gasteiger partial charge in [0, 0.05) is 24.9 Å². The number of amides is 1. The van der Waals surface area contributed by atoms with Crippen LogP contribution in [0, 0.1) is 18.6 Å². The number of aryl methyl sites for hydroxylation is 1. The van der Waals surface area contributed by atoms with Crippen molar-refractivity contribution >= 4 is 6.09 Å². The predicted octanol–water partition coefficient (Wildman–Crippen LogP) is 2.45. The van der Waals surface area contributed by atoms with Gasteiger partial charge < -0.3 is 15.2 Å². The van der Waals surface area contributed by atoms with Crippen LogP contribution in [0.4, 0.5) is 13.6 Å². The van der Waals surface area contributed by atoms with Crippen molar-refractivity contribution in [1.82, 2.24) is 5.32 Å². The summed E-state index contributed by atoms with van der Waals surface area (Å²) in [6, 6.07) is 2.30. The maximum Gasteiger partial charge on any atom is 0.404 e. The summed E-state index contributed by atoms with van der Waals surface area (Å²) >= 11 is 0. The summed E-state index contributed by atoms with van der Waals surface area (Å²) in [7, 11) is 0.